The first-order chi connectivity index (χ1) is 9.81. The van der Waals surface area contributed by atoms with E-state index in [4.69, 9.17) is 0 Å². The Labute approximate surface area is 122 Å². The quantitative estimate of drug-likeness (QED) is 0.759. The fraction of sp³-hybridized carbons (Fsp3) is 0.933. The van der Waals surface area contributed by atoms with Crippen molar-refractivity contribution in [2.24, 2.45) is 5.92 Å². The summed E-state index contributed by atoms with van der Waals surface area (Å²) in [5.74, 6) is 1.34. The SMILES string of the molecule is O=C(CCN1CCN(CC2CC2)CC1)N1CCNCC1. The molecule has 1 aliphatic carbocycles. The molecule has 1 amide bonds. The summed E-state index contributed by atoms with van der Waals surface area (Å²) < 4.78 is 0. The van der Waals surface area contributed by atoms with Crippen molar-refractivity contribution < 1.29 is 4.79 Å². The van der Waals surface area contributed by atoms with E-state index in [9.17, 15) is 4.79 Å². The van der Waals surface area contributed by atoms with Gasteiger partial charge < -0.3 is 20.0 Å². The first-order valence-electron chi connectivity index (χ1n) is 8.24. The number of hydrogen-bond donors (Lipinski definition) is 1. The summed E-state index contributed by atoms with van der Waals surface area (Å²) in [6.07, 6.45) is 3.58. The number of nitrogens with zero attached hydrogens (tertiary/aromatic N) is 3. The Bertz CT molecular complexity index is 318. The lowest BCUT2D eigenvalue weighted by atomic mass is 10.2. The fourth-order valence-electron chi connectivity index (χ4n) is 3.19. The van der Waals surface area contributed by atoms with Gasteiger partial charge in [0.25, 0.3) is 0 Å². The molecule has 20 heavy (non-hydrogen) atoms. The van der Waals surface area contributed by atoms with E-state index in [1.165, 1.54) is 32.5 Å². The topological polar surface area (TPSA) is 38.8 Å². The van der Waals surface area contributed by atoms with Crippen molar-refractivity contribution in [2.45, 2.75) is 19.3 Å². The molecule has 0 aromatic rings. The number of piperazine rings is 2. The van der Waals surface area contributed by atoms with Crippen molar-refractivity contribution in [3.8, 4) is 0 Å². The van der Waals surface area contributed by atoms with Gasteiger partial charge in [-0.15, -0.1) is 0 Å². The van der Waals surface area contributed by atoms with Gasteiger partial charge in [0, 0.05) is 71.9 Å². The van der Waals surface area contributed by atoms with Crippen LogP contribution in [0.4, 0.5) is 0 Å². The van der Waals surface area contributed by atoms with E-state index in [0.717, 1.165) is 51.7 Å². The smallest absolute Gasteiger partial charge is 0.223 e. The van der Waals surface area contributed by atoms with Gasteiger partial charge in [0.05, 0.1) is 0 Å². The van der Waals surface area contributed by atoms with Crippen molar-refractivity contribution in [1.29, 1.82) is 0 Å². The lowest BCUT2D eigenvalue weighted by Gasteiger charge is -2.35. The van der Waals surface area contributed by atoms with Crippen LogP contribution in [0, 0.1) is 5.92 Å². The van der Waals surface area contributed by atoms with E-state index in [1.807, 2.05) is 4.90 Å². The highest BCUT2D eigenvalue weighted by Crippen LogP contribution is 2.29. The molecule has 0 aromatic carbocycles. The summed E-state index contributed by atoms with van der Waals surface area (Å²) in [6.45, 7) is 10.6. The Morgan fingerprint density at radius 1 is 0.950 bits per heavy atom. The fourth-order valence-corrected chi connectivity index (χ4v) is 3.19. The van der Waals surface area contributed by atoms with Crippen LogP contribution in [-0.2, 0) is 4.79 Å². The highest BCUT2D eigenvalue weighted by molar-refractivity contribution is 5.76. The number of hydrogen-bond acceptors (Lipinski definition) is 4. The molecule has 1 N–H and O–H groups in total. The van der Waals surface area contributed by atoms with E-state index in [2.05, 4.69) is 15.1 Å². The Morgan fingerprint density at radius 2 is 1.60 bits per heavy atom. The second-order valence-corrected chi connectivity index (χ2v) is 6.47. The first kappa shape index (κ1) is 14.3. The zero-order valence-corrected chi connectivity index (χ0v) is 12.5. The zero-order chi connectivity index (χ0) is 13.8. The molecule has 2 heterocycles. The molecule has 0 aromatic heterocycles. The van der Waals surface area contributed by atoms with E-state index in [1.54, 1.807) is 0 Å². The minimum atomic E-state index is 0.340. The van der Waals surface area contributed by atoms with Crippen molar-refractivity contribution in [2.75, 3.05) is 65.4 Å². The van der Waals surface area contributed by atoms with Gasteiger partial charge in [0.2, 0.25) is 5.91 Å². The predicted octanol–water partition coefficient (Wildman–Crippen LogP) is -0.164. The number of amides is 1. The molecule has 5 heteroatoms. The normalized spacial score (nSPS) is 25.9. The molecule has 1 saturated carbocycles. The highest BCUT2D eigenvalue weighted by atomic mass is 16.2. The van der Waals surface area contributed by atoms with Crippen LogP contribution < -0.4 is 5.32 Å². The number of carbonyl (C=O) groups is 1. The third-order valence-electron chi connectivity index (χ3n) is 4.79. The summed E-state index contributed by atoms with van der Waals surface area (Å²) in [4.78, 5) is 19.2. The molecule has 3 aliphatic rings. The molecule has 114 valence electrons. The second-order valence-electron chi connectivity index (χ2n) is 6.47. The second kappa shape index (κ2) is 6.87. The van der Waals surface area contributed by atoms with Crippen LogP contribution in [0.3, 0.4) is 0 Å². The molecule has 0 bridgehead atoms. The lowest BCUT2D eigenvalue weighted by Crippen LogP contribution is -2.49. The van der Waals surface area contributed by atoms with Gasteiger partial charge in [-0.2, -0.15) is 0 Å². The average molecular weight is 280 g/mol. The number of nitrogens with one attached hydrogen (secondary N) is 1. The Kier molecular flexibility index (Phi) is 4.91. The van der Waals surface area contributed by atoms with E-state index in [0.29, 0.717) is 12.3 Å². The van der Waals surface area contributed by atoms with Gasteiger partial charge in [0.15, 0.2) is 0 Å². The van der Waals surface area contributed by atoms with Crippen LogP contribution in [0.15, 0.2) is 0 Å². The Hall–Kier alpha value is -0.650. The van der Waals surface area contributed by atoms with Crippen molar-refractivity contribution in [3.05, 3.63) is 0 Å². The summed E-state index contributed by atoms with van der Waals surface area (Å²) >= 11 is 0. The highest BCUT2D eigenvalue weighted by Gasteiger charge is 2.26. The first-order valence-corrected chi connectivity index (χ1v) is 8.24. The molecule has 2 aliphatic heterocycles. The largest absolute Gasteiger partial charge is 0.340 e. The minimum Gasteiger partial charge on any atom is -0.340 e. The van der Waals surface area contributed by atoms with E-state index >= 15 is 0 Å². The van der Waals surface area contributed by atoms with Gasteiger partial charge in [-0.25, -0.2) is 0 Å². The summed E-state index contributed by atoms with van der Waals surface area (Å²) in [5.41, 5.74) is 0. The molecule has 2 saturated heterocycles. The third-order valence-corrected chi connectivity index (χ3v) is 4.79. The minimum absolute atomic E-state index is 0.340. The average Bonchev–Trinajstić information content (AvgIpc) is 3.31. The van der Waals surface area contributed by atoms with Gasteiger partial charge in [-0.1, -0.05) is 0 Å². The van der Waals surface area contributed by atoms with Crippen LogP contribution in [0.25, 0.3) is 0 Å². The number of rotatable bonds is 5. The zero-order valence-electron chi connectivity index (χ0n) is 12.5. The van der Waals surface area contributed by atoms with Crippen LogP contribution in [0.1, 0.15) is 19.3 Å². The molecular formula is C15H28N4O. The molecular weight excluding hydrogens is 252 g/mol. The van der Waals surface area contributed by atoms with Gasteiger partial charge in [0.1, 0.15) is 0 Å². The Morgan fingerprint density at radius 3 is 2.25 bits per heavy atom. The molecule has 5 nitrogen and oxygen atoms in total. The lowest BCUT2D eigenvalue weighted by molar-refractivity contribution is -0.132. The monoisotopic (exact) mass is 280 g/mol. The predicted molar refractivity (Wildman–Crippen MR) is 79.7 cm³/mol. The van der Waals surface area contributed by atoms with E-state index in [-0.39, 0.29) is 0 Å². The third kappa shape index (κ3) is 4.17. The maximum absolute atomic E-state index is 12.1. The molecule has 3 fully saturated rings. The maximum Gasteiger partial charge on any atom is 0.223 e. The molecule has 3 rings (SSSR count). The van der Waals surface area contributed by atoms with Gasteiger partial charge >= 0.3 is 0 Å². The van der Waals surface area contributed by atoms with Crippen LogP contribution in [0.5, 0.6) is 0 Å². The van der Waals surface area contributed by atoms with Gasteiger partial charge in [-0.3, -0.25) is 4.79 Å². The molecule has 0 atom stereocenters. The summed E-state index contributed by atoms with van der Waals surface area (Å²) in [5, 5.41) is 3.29. The van der Waals surface area contributed by atoms with Crippen molar-refractivity contribution >= 4 is 5.91 Å². The van der Waals surface area contributed by atoms with Crippen molar-refractivity contribution in [3.63, 3.8) is 0 Å². The van der Waals surface area contributed by atoms with Crippen molar-refractivity contribution in [1.82, 2.24) is 20.0 Å². The molecule has 0 radical (unpaired) electrons. The van der Waals surface area contributed by atoms with Crippen LogP contribution >= 0.6 is 0 Å². The maximum atomic E-state index is 12.1. The standard InChI is InChI=1S/C15H28N4O/c20-15(19-7-4-16-5-8-19)3-6-17-9-11-18(12-10-17)13-14-1-2-14/h14,16H,1-13H2. The molecule has 0 spiro atoms. The number of carbonyl (C=O) groups excluding carboxylic acids is 1. The van der Waals surface area contributed by atoms with Gasteiger partial charge in [-0.05, 0) is 18.8 Å². The van der Waals surface area contributed by atoms with Crippen LogP contribution in [0.2, 0.25) is 0 Å². The Balaban J connectivity index is 1.31. The molecule has 0 unspecified atom stereocenters. The summed E-state index contributed by atoms with van der Waals surface area (Å²) in [7, 11) is 0. The van der Waals surface area contributed by atoms with Crippen LogP contribution in [-0.4, -0.2) is 86.1 Å². The van der Waals surface area contributed by atoms with E-state index < -0.39 is 0 Å². The summed E-state index contributed by atoms with van der Waals surface area (Å²) in [6, 6.07) is 0.